The first-order chi connectivity index (χ1) is 5.83. The van der Waals surface area contributed by atoms with Crippen LogP contribution in [0, 0.1) is 5.95 Å². The highest BCUT2D eigenvalue weighted by Crippen LogP contribution is 2.02. The number of hydrogen-bond acceptors (Lipinski definition) is 2. The summed E-state index contributed by atoms with van der Waals surface area (Å²) in [4.78, 5) is 3.42. The lowest BCUT2D eigenvalue weighted by molar-refractivity contribution is 0.303. The van der Waals surface area contributed by atoms with Gasteiger partial charge in [-0.1, -0.05) is 12.2 Å². The van der Waals surface area contributed by atoms with E-state index in [1.807, 2.05) is 0 Å². The minimum Gasteiger partial charge on any atom is -0.396 e. The monoisotopic (exact) mass is 167 g/mol. The smallest absolute Gasteiger partial charge is 0.213 e. The van der Waals surface area contributed by atoms with Gasteiger partial charge in [0.1, 0.15) is 0 Å². The first-order valence-electron chi connectivity index (χ1n) is 3.72. The molecule has 0 aromatic carbocycles. The van der Waals surface area contributed by atoms with E-state index in [4.69, 9.17) is 5.11 Å². The number of pyridine rings is 1. The van der Waals surface area contributed by atoms with Crippen molar-refractivity contribution in [2.24, 2.45) is 0 Å². The molecule has 64 valence electrons. The molecule has 0 aliphatic carbocycles. The van der Waals surface area contributed by atoms with Crippen molar-refractivity contribution in [3.8, 4) is 0 Å². The maximum absolute atomic E-state index is 12.5. The van der Waals surface area contributed by atoms with Crippen molar-refractivity contribution >= 4 is 6.08 Å². The average molecular weight is 167 g/mol. The number of nitrogens with zero attached hydrogens (tertiary/aromatic N) is 1. The third-order valence-corrected chi connectivity index (χ3v) is 1.36. The normalized spacial score (nSPS) is 10.8. The van der Waals surface area contributed by atoms with Gasteiger partial charge in [-0.15, -0.1) is 0 Å². The predicted molar refractivity (Wildman–Crippen MR) is 44.9 cm³/mol. The molecule has 12 heavy (non-hydrogen) atoms. The summed E-state index contributed by atoms with van der Waals surface area (Å²) in [5.74, 6) is -0.485. The topological polar surface area (TPSA) is 33.1 Å². The van der Waals surface area contributed by atoms with Gasteiger partial charge in [-0.25, -0.2) is 4.98 Å². The number of aliphatic hydroxyl groups excluding tert-OH is 1. The minimum atomic E-state index is -0.485. The SMILES string of the molecule is OCCC=Cc1ccnc(F)c1. The van der Waals surface area contributed by atoms with Crippen molar-refractivity contribution < 1.29 is 9.50 Å². The number of halogens is 1. The fourth-order valence-corrected chi connectivity index (χ4v) is 0.815. The molecule has 1 aromatic heterocycles. The van der Waals surface area contributed by atoms with E-state index in [1.54, 1.807) is 18.2 Å². The van der Waals surface area contributed by atoms with Crippen molar-refractivity contribution in [2.45, 2.75) is 6.42 Å². The van der Waals surface area contributed by atoms with E-state index in [1.165, 1.54) is 12.3 Å². The Balaban J connectivity index is 2.63. The highest BCUT2D eigenvalue weighted by molar-refractivity contribution is 5.47. The molecule has 1 rings (SSSR count). The van der Waals surface area contributed by atoms with Crippen LogP contribution in [0.1, 0.15) is 12.0 Å². The molecule has 0 bridgehead atoms. The summed E-state index contributed by atoms with van der Waals surface area (Å²) in [5.41, 5.74) is 0.760. The number of aromatic nitrogens is 1. The highest BCUT2D eigenvalue weighted by Gasteiger charge is 1.90. The lowest BCUT2D eigenvalue weighted by atomic mass is 10.2. The standard InChI is InChI=1S/C9H10FNO/c10-9-7-8(4-5-11-9)3-1-2-6-12/h1,3-5,7,12H,2,6H2. The lowest BCUT2D eigenvalue weighted by Gasteiger charge is -1.91. The highest BCUT2D eigenvalue weighted by atomic mass is 19.1. The Labute approximate surface area is 70.4 Å². The second-order valence-electron chi connectivity index (χ2n) is 2.33. The summed E-state index contributed by atoms with van der Waals surface area (Å²) in [6.07, 6.45) is 5.54. The molecule has 0 unspecified atom stereocenters. The molecule has 1 aromatic rings. The molecule has 0 aliphatic heterocycles. The summed E-state index contributed by atoms with van der Waals surface area (Å²) >= 11 is 0. The number of rotatable bonds is 3. The van der Waals surface area contributed by atoms with Gasteiger partial charge in [0, 0.05) is 18.9 Å². The van der Waals surface area contributed by atoms with Crippen molar-refractivity contribution in [3.05, 3.63) is 35.9 Å². The molecule has 0 saturated carbocycles. The van der Waals surface area contributed by atoms with Gasteiger partial charge in [0.2, 0.25) is 5.95 Å². The maximum Gasteiger partial charge on any atom is 0.213 e. The molecule has 2 nitrogen and oxygen atoms in total. The van der Waals surface area contributed by atoms with Gasteiger partial charge in [0.05, 0.1) is 0 Å². The van der Waals surface area contributed by atoms with Gasteiger partial charge in [-0.2, -0.15) is 4.39 Å². The van der Waals surface area contributed by atoms with Gasteiger partial charge >= 0.3 is 0 Å². The Kier molecular flexibility index (Phi) is 3.41. The molecular weight excluding hydrogens is 157 g/mol. The Bertz CT molecular complexity index is 273. The Morgan fingerprint density at radius 1 is 1.58 bits per heavy atom. The largest absolute Gasteiger partial charge is 0.396 e. The lowest BCUT2D eigenvalue weighted by Crippen LogP contribution is -1.81. The molecular formula is C9H10FNO. The first-order valence-corrected chi connectivity index (χ1v) is 3.72. The summed E-state index contributed by atoms with van der Waals surface area (Å²) < 4.78 is 12.5. The van der Waals surface area contributed by atoms with Crippen LogP contribution in [0.4, 0.5) is 4.39 Å². The van der Waals surface area contributed by atoms with Gasteiger partial charge < -0.3 is 5.11 Å². The van der Waals surface area contributed by atoms with Gasteiger partial charge in [0.15, 0.2) is 0 Å². The Hall–Kier alpha value is -1.22. The summed E-state index contributed by atoms with van der Waals surface area (Å²) in [6.45, 7) is 0.115. The van der Waals surface area contributed by atoms with Crippen molar-refractivity contribution in [1.29, 1.82) is 0 Å². The van der Waals surface area contributed by atoms with Gasteiger partial charge in [-0.05, 0) is 18.1 Å². The third kappa shape index (κ3) is 2.80. The van der Waals surface area contributed by atoms with Crippen molar-refractivity contribution in [1.82, 2.24) is 4.98 Å². The molecule has 0 atom stereocenters. The molecule has 0 amide bonds. The fraction of sp³-hybridized carbons (Fsp3) is 0.222. The third-order valence-electron chi connectivity index (χ3n) is 1.36. The van der Waals surface area contributed by atoms with E-state index >= 15 is 0 Å². The molecule has 0 aliphatic rings. The van der Waals surface area contributed by atoms with Crippen LogP contribution < -0.4 is 0 Å². The van der Waals surface area contributed by atoms with Crippen LogP contribution in [0.25, 0.3) is 6.08 Å². The molecule has 0 spiro atoms. The Morgan fingerprint density at radius 3 is 3.08 bits per heavy atom. The molecule has 1 N–H and O–H groups in total. The fourth-order valence-electron chi connectivity index (χ4n) is 0.815. The predicted octanol–water partition coefficient (Wildman–Crippen LogP) is 1.62. The van der Waals surface area contributed by atoms with Crippen molar-refractivity contribution in [2.75, 3.05) is 6.61 Å². The maximum atomic E-state index is 12.5. The molecule has 0 radical (unpaired) electrons. The summed E-state index contributed by atoms with van der Waals surface area (Å²) in [7, 11) is 0. The summed E-state index contributed by atoms with van der Waals surface area (Å²) in [6, 6.07) is 3.05. The van der Waals surface area contributed by atoms with E-state index in [-0.39, 0.29) is 6.61 Å². The van der Waals surface area contributed by atoms with E-state index in [2.05, 4.69) is 4.98 Å². The van der Waals surface area contributed by atoms with Crippen LogP contribution in [-0.4, -0.2) is 16.7 Å². The summed E-state index contributed by atoms with van der Waals surface area (Å²) in [5, 5.41) is 8.46. The quantitative estimate of drug-likeness (QED) is 0.694. The van der Waals surface area contributed by atoms with Crippen LogP contribution in [0.15, 0.2) is 24.4 Å². The van der Waals surface area contributed by atoms with E-state index in [9.17, 15) is 4.39 Å². The van der Waals surface area contributed by atoms with Crippen molar-refractivity contribution in [3.63, 3.8) is 0 Å². The second kappa shape index (κ2) is 4.62. The molecule has 0 saturated heterocycles. The Morgan fingerprint density at radius 2 is 2.42 bits per heavy atom. The van der Waals surface area contributed by atoms with Crippen LogP contribution in [0.3, 0.4) is 0 Å². The van der Waals surface area contributed by atoms with E-state index in [0.717, 1.165) is 5.56 Å². The zero-order valence-corrected chi connectivity index (χ0v) is 6.57. The van der Waals surface area contributed by atoms with Crippen LogP contribution in [-0.2, 0) is 0 Å². The zero-order chi connectivity index (χ0) is 8.81. The van der Waals surface area contributed by atoms with Crippen LogP contribution in [0.5, 0.6) is 0 Å². The molecule has 0 fully saturated rings. The molecule has 1 heterocycles. The number of hydrogen-bond donors (Lipinski definition) is 1. The van der Waals surface area contributed by atoms with E-state index < -0.39 is 5.95 Å². The van der Waals surface area contributed by atoms with E-state index in [0.29, 0.717) is 6.42 Å². The first kappa shape index (κ1) is 8.87. The van der Waals surface area contributed by atoms with Gasteiger partial charge in [-0.3, -0.25) is 0 Å². The number of aliphatic hydroxyl groups is 1. The zero-order valence-electron chi connectivity index (χ0n) is 6.57. The van der Waals surface area contributed by atoms with Crippen LogP contribution in [0.2, 0.25) is 0 Å². The molecule has 3 heteroatoms. The van der Waals surface area contributed by atoms with Gasteiger partial charge in [0.25, 0.3) is 0 Å². The average Bonchev–Trinajstić information content (AvgIpc) is 2.05. The van der Waals surface area contributed by atoms with Crippen LogP contribution >= 0.6 is 0 Å². The minimum absolute atomic E-state index is 0.115. The second-order valence-corrected chi connectivity index (χ2v) is 2.33.